The summed E-state index contributed by atoms with van der Waals surface area (Å²) in [5.41, 5.74) is 3.86. The summed E-state index contributed by atoms with van der Waals surface area (Å²) in [5.74, 6) is -0.0411. The van der Waals surface area contributed by atoms with E-state index < -0.39 is 0 Å². The van der Waals surface area contributed by atoms with Gasteiger partial charge in [0.05, 0.1) is 0 Å². The summed E-state index contributed by atoms with van der Waals surface area (Å²) in [6.07, 6.45) is 3.84. The lowest BCUT2D eigenvalue weighted by Crippen LogP contribution is -2.31. The Hall–Kier alpha value is -2.46. The van der Waals surface area contributed by atoms with Gasteiger partial charge in [-0.15, -0.1) is 0 Å². The third-order valence-electron chi connectivity index (χ3n) is 4.03. The van der Waals surface area contributed by atoms with Crippen LogP contribution in [0.4, 0.5) is 0 Å². The van der Waals surface area contributed by atoms with Gasteiger partial charge in [0.2, 0.25) is 0 Å². The smallest absolute Gasteiger partial charge is 0.276 e. The first kappa shape index (κ1) is 16.4. The van der Waals surface area contributed by atoms with E-state index in [4.69, 9.17) is 12.2 Å². The number of amides is 1. The number of carbonyl (C=O) groups excluding carboxylic acids is 1. The quantitative estimate of drug-likeness (QED) is 0.656. The fraction of sp³-hybridized carbons (Fsp3) is 0.200. The summed E-state index contributed by atoms with van der Waals surface area (Å²) in [6.45, 7) is 2.77. The Bertz CT molecular complexity index is 766. The van der Waals surface area contributed by atoms with Crippen LogP contribution in [-0.4, -0.2) is 22.5 Å². The molecule has 1 fully saturated rings. The lowest BCUT2D eigenvalue weighted by atomic mass is 10.0. The molecule has 0 spiro atoms. The SMILES string of the molecule is CCCCN1C(=O)/C(=C/c2ccc(-c3ccccc3)cc2)NC1=S. The monoisotopic (exact) mass is 336 g/mol. The second-order valence-corrected chi connectivity index (χ2v) is 6.17. The number of rotatable bonds is 5. The van der Waals surface area contributed by atoms with Gasteiger partial charge < -0.3 is 5.32 Å². The summed E-state index contributed by atoms with van der Waals surface area (Å²) in [7, 11) is 0. The fourth-order valence-electron chi connectivity index (χ4n) is 2.66. The van der Waals surface area contributed by atoms with Gasteiger partial charge in [-0.2, -0.15) is 0 Å². The number of nitrogens with one attached hydrogen (secondary N) is 1. The summed E-state index contributed by atoms with van der Waals surface area (Å²) >= 11 is 5.26. The predicted molar refractivity (Wildman–Crippen MR) is 102 cm³/mol. The summed E-state index contributed by atoms with van der Waals surface area (Å²) < 4.78 is 0. The van der Waals surface area contributed by atoms with E-state index in [-0.39, 0.29) is 5.91 Å². The molecule has 1 amide bonds. The van der Waals surface area contributed by atoms with Crippen LogP contribution in [-0.2, 0) is 4.79 Å². The van der Waals surface area contributed by atoms with Gasteiger partial charge in [0.15, 0.2) is 5.11 Å². The molecule has 2 aromatic carbocycles. The Morgan fingerprint density at radius 1 is 1.04 bits per heavy atom. The van der Waals surface area contributed by atoms with Crippen molar-refractivity contribution in [3.8, 4) is 11.1 Å². The molecule has 1 aliphatic heterocycles. The van der Waals surface area contributed by atoms with Crippen molar-refractivity contribution >= 4 is 29.3 Å². The Morgan fingerprint density at radius 3 is 2.38 bits per heavy atom. The van der Waals surface area contributed by atoms with E-state index in [0.29, 0.717) is 17.4 Å². The Morgan fingerprint density at radius 2 is 1.71 bits per heavy atom. The molecule has 0 aromatic heterocycles. The van der Waals surface area contributed by atoms with Gasteiger partial charge in [-0.25, -0.2) is 0 Å². The minimum atomic E-state index is -0.0411. The minimum absolute atomic E-state index is 0.0411. The number of carbonyl (C=O) groups is 1. The highest BCUT2D eigenvalue weighted by molar-refractivity contribution is 7.80. The van der Waals surface area contributed by atoms with Gasteiger partial charge in [-0.3, -0.25) is 9.69 Å². The van der Waals surface area contributed by atoms with Crippen LogP contribution in [0.15, 0.2) is 60.3 Å². The van der Waals surface area contributed by atoms with Crippen LogP contribution in [0.5, 0.6) is 0 Å². The number of unbranched alkanes of at least 4 members (excludes halogenated alkanes) is 1. The molecular formula is C20H20N2OS. The Labute approximate surface area is 148 Å². The average Bonchev–Trinajstić information content (AvgIpc) is 2.88. The molecule has 122 valence electrons. The molecule has 3 rings (SSSR count). The van der Waals surface area contributed by atoms with Crippen molar-refractivity contribution in [2.75, 3.05) is 6.54 Å². The lowest BCUT2D eigenvalue weighted by molar-refractivity contribution is -0.122. The van der Waals surface area contributed by atoms with Crippen molar-refractivity contribution in [2.24, 2.45) is 0 Å². The maximum Gasteiger partial charge on any atom is 0.276 e. The highest BCUT2D eigenvalue weighted by Crippen LogP contribution is 2.21. The van der Waals surface area contributed by atoms with E-state index in [1.807, 2.05) is 36.4 Å². The fourth-order valence-corrected chi connectivity index (χ4v) is 2.94. The van der Waals surface area contributed by atoms with Crippen molar-refractivity contribution in [3.63, 3.8) is 0 Å². The molecule has 0 bridgehead atoms. The van der Waals surface area contributed by atoms with Gasteiger partial charge in [0.1, 0.15) is 5.70 Å². The van der Waals surface area contributed by atoms with E-state index >= 15 is 0 Å². The van der Waals surface area contributed by atoms with Crippen LogP contribution >= 0.6 is 12.2 Å². The van der Waals surface area contributed by atoms with E-state index in [0.717, 1.165) is 24.0 Å². The topological polar surface area (TPSA) is 32.3 Å². The highest BCUT2D eigenvalue weighted by Gasteiger charge is 2.29. The van der Waals surface area contributed by atoms with Crippen molar-refractivity contribution in [3.05, 3.63) is 65.9 Å². The van der Waals surface area contributed by atoms with Crippen LogP contribution in [0.3, 0.4) is 0 Å². The van der Waals surface area contributed by atoms with E-state index in [1.165, 1.54) is 5.56 Å². The maximum absolute atomic E-state index is 12.4. The molecular weight excluding hydrogens is 316 g/mol. The van der Waals surface area contributed by atoms with Crippen molar-refractivity contribution < 1.29 is 4.79 Å². The third-order valence-corrected chi connectivity index (χ3v) is 4.35. The van der Waals surface area contributed by atoms with Crippen molar-refractivity contribution in [1.29, 1.82) is 0 Å². The molecule has 0 unspecified atom stereocenters. The van der Waals surface area contributed by atoms with Crippen LogP contribution in [0.1, 0.15) is 25.3 Å². The molecule has 0 saturated carbocycles. The predicted octanol–water partition coefficient (Wildman–Crippen LogP) is 4.21. The first-order chi connectivity index (χ1) is 11.7. The molecule has 24 heavy (non-hydrogen) atoms. The van der Waals surface area contributed by atoms with Gasteiger partial charge in [0, 0.05) is 6.54 Å². The van der Waals surface area contributed by atoms with Crippen molar-refractivity contribution in [2.45, 2.75) is 19.8 Å². The number of hydrogen-bond acceptors (Lipinski definition) is 2. The summed E-state index contributed by atoms with van der Waals surface area (Å²) in [5, 5.41) is 3.53. The normalized spacial score (nSPS) is 15.9. The van der Waals surface area contributed by atoms with Crippen LogP contribution < -0.4 is 5.32 Å². The molecule has 4 heteroatoms. The number of nitrogens with zero attached hydrogens (tertiary/aromatic N) is 1. The molecule has 3 nitrogen and oxygen atoms in total. The third kappa shape index (κ3) is 3.54. The molecule has 0 radical (unpaired) electrons. The van der Waals surface area contributed by atoms with Gasteiger partial charge in [-0.05, 0) is 41.4 Å². The van der Waals surface area contributed by atoms with Gasteiger partial charge in [-0.1, -0.05) is 67.9 Å². The standard InChI is InChI=1S/C20H20N2OS/c1-2-3-13-22-19(23)18(21-20(22)24)14-15-9-11-17(12-10-15)16-7-5-4-6-8-16/h4-12,14H,2-3,13H2,1H3,(H,21,24)/b18-14-. The largest absolute Gasteiger partial charge is 0.328 e. The zero-order valence-corrected chi connectivity index (χ0v) is 14.5. The number of hydrogen-bond donors (Lipinski definition) is 1. The van der Waals surface area contributed by atoms with E-state index in [2.05, 4.69) is 36.5 Å². The molecule has 1 saturated heterocycles. The zero-order valence-electron chi connectivity index (χ0n) is 13.7. The second kappa shape index (κ2) is 7.41. The summed E-state index contributed by atoms with van der Waals surface area (Å²) in [4.78, 5) is 14.1. The average molecular weight is 336 g/mol. The highest BCUT2D eigenvalue weighted by atomic mass is 32.1. The molecule has 1 N–H and O–H groups in total. The van der Waals surface area contributed by atoms with E-state index in [1.54, 1.807) is 4.90 Å². The van der Waals surface area contributed by atoms with Gasteiger partial charge in [0.25, 0.3) is 5.91 Å². The minimum Gasteiger partial charge on any atom is -0.328 e. The maximum atomic E-state index is 12.4. The molecule has 0 aliphatic carbocycles. The second-order valence-electron chi connectivity index (χ2n) is 5.79. The molecule has 2 aromatic rings. The molecule has 1 heterocycles. The molecule has 0 atom stereocenters. The molecule has 1 aliphatic rings. The first-order valence-corrected chi connectivity index (χ1v) is 8.60. The van der Waals surface area contributed by atoms with Crippen LogP contribution in [0.25, 0.3) is 17.2 Å². The zero-order chi connectivity index (χ0) is 16.9. The number of thiocarbonyl (C=S) groups is 1. The lowest BCUT2D eigenvalue weighted by Gasteiger charge is -2.12. The first-order valence-electron chi connectivity index (χ1n) is 8.19. The van der Waals surface area contributed by atoms with Crippen LogP contribution in [0.2, 0.25) is 0 Å². The van der Waals surface area contributed by atoms with Gasteiger partial charge >= 0.3 is 0 Å². The Kier molecular flexibility index (Phi) is 5.06. The van der Waals surface area contributed by atoms with Crippen molar-refractivity contribution in [1.82, 2.24) is 10.2 Å². The summed E-state index contributed by atoms with van der Waals surface area (Å²) in [6, 6.07) is 18.4. The number of benzene rings is 2. The van der Waals surface area contributed by atoms with E-state index in [9.17, 15) is 4.79 Å². The Balaban J connectivity index is 1.77. The van der Waals surface area contributed by atoms with Crippen LogP contribution in [0, 0.1) is 0 Å².